The van der Waals surface area contributed by atoms with Crippen molar-refractivity contribution in [3.05, 3.63) is 65.7 Å². The molecule has 4 N–H and O–H groups in total. The number of piperidine rings is 1. The predicted molar refractivity (Wildman–Crippen MR) is 116 cm³/mol. The Kier molecular flexibility index (Phi) is 7.19. The van der Waals surface area contributed by atoms with Gasteiger partial charge in [-0.15, -0.1) is 0 Å². The van der Waals surface area contributed by atoms with Crippen LogP contribution in [-0.2, 0) is 9.59 Å². The Morgan fingerprint density at radius 3 is 2.33 bits per heavy atom. The molecule has 2 aromatic rings. The minimum absolute atomic E-state index is 0.111. The molecule has 158 valence electrons. The normalized spacial score (nSPS) is 15.9. The monoisotopic (exact) mass is 408 g/mol. The zero-order valence-corrected chi connectivity index (χ0v) is 17.1. The van der Waals surface area contributed by atoms with Crippen molar-refractivity contribution in [1.82, 2.24) is 10.2 Å². The van der Waals surface area contributed by atoms with E-state index in [1.54, 1.807) is 24.3 Å². The molecule has 0 spiro atoms. The van der Waals surface area contributed by atoms with Gasteiger partial charge >= 0.3 is 0 Å². The Labute approximate surface area is 176 Å². The van der Waals surface area contributed by atoms with Gasteiger partial charge in [-0.3, -0.25) is 19.3 Å². The number of benzene rings is 2. The summed E-state index contributed by atoms with van der Waals surface area (Å²) in [6.07, 6.45) is 1.33. The molecular formula is C23H28N4O3. The number of hydrogen-bond donors (Lipinski definition) is 3. The zero-order chi connectivity index (χ0) is 21.5. The second-order valence-electron chi connectivity index (χ2n) is 7.65. The Bertz CT molecular complexity index is 892. The van der Waals surface area contributed by atoms with Crippen LogP contribution in [0, 0.1) is 5.92 Å². The first kappa shape index (κ1) is 21.5. The molecule has 0 radical (unpaired) electrons. The first-order valence-electron chi connectivity index (χ1n) is 10.2. The second-order valence-corrected chi connectivity index (χ2v) is 7.65. The van der Waals surface area contributed by atoms with Crippen molar-refractivity contribution in [2.24, 2.45) is 11.7 Å². The molecule has 0 aromatic heterocycles. The quantitative estimate of drug-likeness (QED) is 0.654. The standard InChI is InChI=1S/C23H28N4O3/c1-16(17-7-3-2-4-8-17)25-23(30)19-9-5-6-10-20(19)26-21(28)15-27-13-11-18(12-14-27)22(24)29/h2-10,16,18H,11-15H2,1H3,(H2,24,29)(H,25,30)(H,26,28)/t16-/m1/s1. The van der Waals surface area contributed by atoms with Crippen LogP contribution in [0.4, 0.5) is 5.69 Å². The van der Waals surface area contributed by atoms with Gasteiger partial charge in [-0.25, -0.2) is 0 Å². The van der Waals surface area contributed by atoms with Crippen LogP contribution in [0.2, 0.25) is 0 Å². The first-order valence-corrected chi connectivity index (χ1v) is 10.2. The molecule has 1 fully saturated rings. The van der Waals surface area contributed by atoms with Crippen molar-refractivity contribution in [2.75, 3.05) is 25.0 Å². The summed E-state index contributed by atoms with van der Waals surface area (Å²) in [6, 6.07) is 16.5. The fourth-order valence-corrected chi connectivity index (χ4v) is 3.66. The van der Waals surface area contributed by atoms with Gasteiger partial charge in [0, 0.05) is 5.92 Å². The van der Waals surface area contributed by atoms with E-state index in [0.29, 0.717) is 37.2 Å². The van der Waals surface area contributed by atoms with Crippen LogP contribution in [0.3, 0.4) is 0 Å². The van der Waals surface area contributed by atoms with Crippen LogP contribution in [0.25, 0.3) is 0 Å². The summed E-state index contributed by atoms with van der Waals surface area (Å²) in [5.41, 5.74) is 7.26. The third-order valence-corrected chi connectivity index (χ3v) is 5.45. The Hall–Kier alpha value is -3.19. The molecule has 0 bridgehead atoms. The molecule has 0 saturated carbocycles. The molecule has 0 aliphatic carbocycles. The summed E-state index contributed by atoms with van der Waals surface area (Å²) in [7, 11) is 0. The van der Waals surface area contributed by atoms with Gasteiger partial charge in [0.2, 0.25) is 11.8 Å². The summed E-state index contributed by atoms with van der Waals surface area (Å²) in [4.78, 5) is 38.6. The molecule has 3 rings (SSSR count). The number of primary amides is 1. The summed E-state index contributed by atoms with van der Waals surface area (Å²) in [5.74, 6) is -0.822. The molecule has 30 heavy (non-hydrogen) atoms. The van der Waals surface area contributed by atoms with Gasteiger partial charge in [0.15, 0.2) is 0 Å². The van der Waals surface area contributed by atoms with Crippen LogP contribution >= 0.6 is 0 Å². The van der Waals surface area contributed by atoms with Gasteiger partial charge in [0.1, 0.15) is 0 Å². The van der Waals surface area contributed by atoms with Crippen molar-refractivity contribution in [3.8, 4) is 0 Å². The van der Waals surface area contributed by atoms with Gasteiger partial charge in [-0.05, 0) is 50.6 Å². The molecule has 1 aliphatic heterocycles. The number of nitrogens with zero attached hydrogens (tertiary/aromatic N) is 1. The van der Waals surface area contributed by atoms with Crippen LogP contribution in [0.15, 0.2) is 54.6 Å². The Morgan fingerprint density at radius 2 is 1.67 bits per heavy atom. The topological polar surface area (TPSA) is 105 Å². The number of hydrogen-bond acceptors (Lipinski definition) is 4. The van der Waals surface area contributed by atoms with E-state index >= 15 is 0 Å². The highest BCUT2D eigenvalue weighted by Gasteiger charge is 2.24. The van der Waals surface area contributed by atoms with Gasteiger partial charge in [-0.1, -0.05) is 42.5 Å². The van der Waals surface area contributed by atoms with Crippen LogP contribution < -0.4 is 16.4 Å². The van der Waals surface area contributed by atoms with Crippen LogP contribution in [0.5, 0.6) is 0 Å². The van der Waals surface area contributed by atoms with E-state index in [9.17, 15) is 14.4 Å². The fourth-order valence-electron chi connectivity index (χ4n) is 3.66. The van der Waals surface area contributed by atoms with Crippen LogP contribution in [-0.4, -0.2) is 42.3 Å². The van der Waals surface area contributed by atoms with Crippen LogP contribution in [0.1, 0.15) is 41.7 Å². The number of rotatable bonds is 7. The summed E-state index contributed by atoms with van der Waals surface area (Å²) in [5, 5.41) is 5.83. The fraction of sp³-hybridized carbons (Fsp3) is 0.348. The number of anilines is 1. The molecule has 7 heteroatoms. The van der Waals surface area contributed by atoms with E-state index in [0.717, 1.165) is 5.56 Å². The molecule has 3 amide bonds. The number of amides is 3. The van der Waals surface area contributed by atoms with E-state index in [1.807, 2.05) is 42.2 Å². The van der Waals surface area contributed by atoms with Crippen molar-refractivity contribution >= 4 is 23.4 Å². The van der Waals surface area contributed by atoms with Crippen molar-refractivity contribution in [1.29, 1.82) is 0 Å². The molecule has 2 aromatic carbocycles. The minimum atomic E-state index is -0.274. The lowest BCUT2D eigenvalue weighted by atomic mass is 9.96. The second kappa shape index (κ2) is 10.0. The third-order valence-electron chi connectivity index (χ3n) is 5.45. The maximum absolute atomic E-state index is 12.8. The number of para-hydroxylation sites is 1. The van der Waals surface area contributed by atoms with Gasteiger partial charge < -0.3 is 16.4 Å². The highest BCUT2D eigenvalue weighted by molar-refractivity contribution is 6.04. The lowest BCUT2D eigenvalue weighted by molar-refractivity contribution is -0.123. The lowest BCUT2D eigenvalue weighted by Crippen LogP contribution is -2.42. The van der Waals surface area contributed by atoms with Gasteiger partial charge in [-0.2, -0.15) is 0 Å². The molecule has 1 aliphatic rings. The van der Waals surface area contributed by atoms with E-state index in [4.69, 9.17) is 5.73 Å². The maximum Gasteiger partial charge on any atom is 0.253 e. The number of nitrogens with one attached hydrogen (secondary N) is 2. The number of carbonyl (C=O) groups is 3. The Morgan fingerprint density at radius 1 is 1.03 bits per heavy atom. The summed E-state index contributed by atoms with van der Waals surface area (Å²) in [6.45, 7) is 3.43. The number of carbonyl (C=O) groups excluding carboxylic acids is 3. The van der Waals surface area contributed by atoms with E-state index < -0.39 is 0 Å². The largest absolute Gasteiger partial charge is 0.369 e. The maximum atomic E-state index is 12.8. The van der Waals surface area contributed by atoms with E-state index in [-0.39, 0.29) is 36.2 Å². The Balaban J connectivity index is 1.59. The predicted octanol–water partition coefficient (Wildman–Crippen LogP) is 2.31. The number of nitrogens with two attached hydrogens (primary N) is 1. The van der Waals surface area contributed by atoms with Crippen molar-refractivity contribution < 1.29 is 14.4 Å². The molecule has 1 atom stereocenters. The van der Waals surface area contributed by atoms with Gasteiger partial charge in [0.25, 0.3) is 5.91 Å². The first-order chi connectivity index (χ1) is 14.4. The van der Waals surface area contributed by atoms with Gasteiger partial charge in [0.05, 0.1) is 23.8 Å². The molecule has 1 heterocycles. The average molecular weight is 409 g/mol. The SMILES string of the molecule is C[C@@H](NC(=O)c1ccccc1NC(=O)CN1CCC(C(N)=O)CC1)c1ccccc1. The molecule has 7 nitrogen and oxygen atoms in total. The van der Waals surface area contributed by atoms with Crippen molar-refractivity contribution in [2.45, 2.75) is 25.8 Å². The minimum Gasteiger partial charge on any atom is -0.369 e. The average Bonchev–Trinajstić information content (AvgIpc) is 2.75. The van der Waals surface area contributed by atoms with E-state index in [1.165, 1.54) is 0 Å². The highest BCUT2D eigenvalue weighted by Crippen LogP contribution is 2.19. The van der Waals surface area contributed by atoms with E-state index in [2.05, 4.69) is 10.6 Å². The number of likely N-dealkylation sites (tertiary alicyclic amines) is 1. The lowest BCUT2D eigenvalue weighted by Gasteiger charge is -2.29. The zero-order valence-electron chi connectivity index (χ0n) is 17.1. The van der Waals surface area contributed by atoms with Crippen molar-refractivity contribution in [3.63, 3.8) is 0 Å². The molecule has 1 saturated heterocycles. The highest BCUT2D eigenvalue weighted by atomic mass is 16.2. The molecular weight excluding hydrogens is 380 g/mol. The summed E-state index contributed by atoms with van der Waals surface area (Å²) < 4.78 is 0. The molecule has 0 unspecified atom stereocenters. The third kappa shape index (κ3) is 5.67. The summed E-state index contributed by atoms with van der Waals surface area (Å²) >= 11 is 0. The smallest absolute Gasteiger partial charge is 0.253 e.